The van der Waals surface area contributed by atoms with Gasteiger partial charge in [0.1, 0.15) is 5.69 Å². The summed E-state index contributed by atoms with van der Waals surface area (Å²) in [6.07, 6.45) is 0. The van der Waals surface area contributed by atoms with Gasteiger partial charge in [0.25, 0.3) is 0 Å². The molecule has 88 valence electrons. The minimum atomic E-state index is -0.550. The van der Waals surface area contributed by atoms with Crippen LogP contribution in [0.1, 0.15) is 5.56 Å². The topological polar surface area (TPSA) is 89.2 Å². The van der Waals surface area contributed by atoms with Crippen LogP contribution in [0.2, 0.25) is 0 Å². The Bertz CT molecular complexity index is 692. The number of aromatic nitrogens is 3. The van der Waals surface area contributed by atoms with Crippen LogP contribution in [-0.2, 0) is 7.05 Å². The Labute approximate surface area is 95.3 Å². The summed E-state index contributed by atoms with van der Waals surface area (Å²) in [6, 6.07) is 4.80. The van der Waals surface area contributed by atoms with Crippen molar-refractivity contribution in [2.45, 2.75) is 6.92 Å². The van der Waals surface area contributed by atoms with Crippen molar-refractivity contribution < 1.29 is 0 Å². The molecular weight excluding hydrogens is 224 g/mol. The maximum Gasteiger partial charge on any atom is 0.351 e. The molecule has 2 rings (SSSR count). The molecule has 7 heteroatoms. The number of nitrogens with zero attached hydrogens (tertiary/aromatic N) is 3. The summed E-state index contributed by atoms with van der Waals surface area (Å²) < 4.78 is 1.92. The Morgan fingerprint density at radius 2 is 2.00 bits per heavy atom. The third-order valence-corrected chi connectivity index (χ3v) is 2.46. The highest BCUT2D eigenvalue weighted by atomic mass is 16.3. The molecule has 0 aliphatic heterocycles. The van der Waals surface area contributed by atoms with E-state index in [0.29, 0.717) is 0 Å². The molecule has 1 aromatic heterocycles. The minimum absolute atomic E-state index is 0.0968. The third kappa shape index (κ3) is 1.71. The summed E-state index contributed by atoms with van der Waals surface area (Å²) in [4.78, 5) is 33.7. The van der Waals surface area contributed by atoms with Crippen LogP contribution in [0.3, 0.4) is 0 Å². The highest BCUT2D eigenvalue weighted by Gasteiger charge is 2.11. The molecule has 7 nitrogen and oxygen atoms in total. The summed E-state index contributed by atoms with van der Waals surface area (Å²) in [5, 5.41) is 5.17. The normalized spacial score (nSPS) is 10.5. The Balaban J connectivity index is 2.80. The SMILES string of the molecule is Cc1ccc(N=O)c(-n2[nH]c(=O)n(C)c2=O)c1. The van der Waals surface area contributed by atoms with Gasteiger partial charge in [-0.2, -0.15) is 4.68 Å². The van der Waals surface area contributed by atoms with E-state index in [1.54, 1.807) is 12.1 Å². The molecule has 0 aliphatic carbocycles. The van der Waals surface area contributed by atoms with Crippen molar-refractivity contribution in [1.82, 2.24) is 14.3 Å². The Kier molecular flexibility index (Phi) is 2.51. The zero-order valence-electron chi connectivity index (χ0n) is 9.30. The van der Waals surface area contributed by atoms with Gasteiger partial charge in [-0.1, -0.05) is 6.07 Å². The molecule has 2 aromatic rings. The number of H-pyrrole nitrogens is 1. The van der Waals surface area contributed by atoms with Crippen LogP contribution in [0.25, 0.3) is 5.69 Å². The van der Waals surface area contributed by atoms with Gasteiger partial charge in [-0.15, -0.1) is 4.91 Å². The van der Waals surface area contributed by atoms with Crippen LogP contribution < -0.4 is 11.4 Å². The highest BCUT2D eigenvalue weighted by molar-refractivity contribution is 5.57. The fourth-order valence-corrected chi connectivity index (χ4v) is 1.51. The number of nitrogens with one attached hydrogen (secondary N) is 1. The van der Waals surface area contributed by atoms with E-state index >= 15 is 0 Å². The third-order valence-electron chi connectivity index (χ3n) is 2.46. The van der Waals surface area contributed by atoms with E-state index in [4.69, 9.17) is 0 Å². The van der Waals surface area contributed by atoms with E-state index in [1.807, 2.05) is 6.92 Å². The van der Waals surface area contributed by atoms with E-state index < -0.39 is 11.4 Å². The van der Waals surface area contributed by atoms with Crippen molar-refractivity contribution in [2.24, 2.45) is 12.2 Å². The maximum atomic E-state index is 11.7. The number of aryl methyl sites for hydroxylation is 1. The molecule has 1 N–H and O–H groups in total. The molecule has 0 aliphatic rings. The zero-order chi connectivity index (χ0) is 12.6. The molecule has 0 amide bonds. The van der Waals surface area contributed by atoms with Crippen LogP contribution in [-0.4, -0.2) is 14.3 Å². The van der Waals surface area contributed by atoms with Gasteiger partial charge in [-0.3, -0.25) is 0 Å². The van der Waals surface area contributed by atoms with Crippen molar-refractivity contribution in [3.8, 4) is 5.69 Å². The summed E-state index contributed by atoms with van der Waals surface area (Å²) in [7, 11) is 1.35. The lowest BCUT2D eigenvalue weighted by Gasteiger charge is -2.03. The van der Waals surface area contributed by atoms with Gasteiger partial charge < -0.3 is 0 Å². The van der Waals surface area contributed by atoms with Gasteiger partial charge in [0.15, 0.2) is 0 Å². The quantitative estimate of drug-likeness (QED) is 0.770. The van der Waals surface area contributed by atoms with Gasteiger partial charge in [-0.25, -0.2) is 19.3 Å². The largest absolute Gasteiger partial charge is 0.351 e. The molecule has 0 radical (unpaired) electrons. The van der Waals surface area contributed by atoms with Gasteiger partial charge in [-0.05, 0) is 29.8 Å². The number of hydrogen-bond acceptors (Lipinski definition) is 4. The second kappa shape index (κ2) is 3.85. The van der Waals surface area contributed by atoms with Crippen LogP contribution >= 0.6 is 0 Å². The van der Waals surface area contributed by atoms with Gasteiger partial charge in [0.05, 0.1) is 5.69 Å². The van der Waals surface area contributed by atoms with Crippen molar-refractivity contribution in [1.29, 1.82) is 0 Å². The lowest BCUT2D eigenvalue weighted by molar-refractivity contribution is 0.795. The molecule has 0 saturated heterocycles. The molecule has 1 aromatic carbocycles. The van der Waals surface area contributed by atoms with Crippen molar-refractivity contribution >= 4 is 5.69 Å². The molecule has 17 heavy (non-hydrogen) atoms. The smallest absolute Gasteiger partial charge is 0.246 e. The number of rotatable bonds is 2. The van der Waals surface area contributed by atoms with Crippen LogP contribution in [0.15, 0.2) is 33.0 Å². The second-order valence-electron chi connectivity index (χ2n) is 3.68. The first-order valence-electron chi connectivity index (χ1n) is 4.87. The Morgan fingerprint density at radius 3 is 2.53 bits per heavy atom. The first-order chi connectivity index (χ1) is 8.04. The van der Waals surface area contributed by atoms with Crippen molar-refractivity contribution in [2.75, 3.05) is 0 Å². The number of hydrogen-bond donors (Lipinski definition) is 1. The van der Waals surface area contributed by atoms with Crippen LogP contribution in [0.5, 0.6) is 0 Å². The number of nitroso groups, excluding NO2 is 1. The fraction of sp³-hybridized carbons (Fsp3) is 0.200. The predicted octanol–water partition coefficient (Wildman–Crippen LogP) is 0.571. The average Bonchev–Trinajstić information content (AvgIpc) is 2.57. The molecule has 0 bridgehead atoms. The molecule has 0 fully saturated rings. The van der Waals surface area contributed by atoms with Crippen molar-refractivity contribution in [3.05, 3.63) is 49.6 Å². The molecule has 0 unspecified atom stereocenters. The fourth-order valence-electron chi connectivity index (χ4n) is 1.51. The van der Waals surface area contributed by atoms with Gasteiger partial charge in [0.2, 0.25) is 0 Å². The minimum Gasteiger partial charge on any atom is -0.246 e. The van der Waals surface area contributed by atoms with Gasteiger partial charge >= 0.3 is 11.4 Å². The summed E-state index contributed by atoms with van der Waals surface area (Å²) >= 11 is 0. The zero-order valence-corrected chi connectivity index (χ0v) is 9.30. The lowest BCUT2D eigenvalue weighted by atomic mass is 10.2. The monoisotopic (exact) mass is 234 g/mol. The summed E-state index contributed by atoms with van der Waals surface area (Å²) in [5.41, 5.74) is 0.116. The van der Waals surface area contributed by atoms with Crippen LogP contribution in [0.4, 0.5) is 5.69 Å². The molecule has 0 spiro atoms. The predicted molar refractivity (Wildman–Crippen MR) is 61.8 cm³/mol. The van der Waals surface area contributed by atoms with E-state index in [2.05, 4.69) is 10.3 Å². The lowest BCUT2D eigenvalue weighted by Crippen LogP contribution is -2.25. The van der Waals surface area contributed by atoms with Crippen LogP contribution in [0, 0.1) is 11.8 Å². The number of benzene rings is 1. The maximum absolute atomic E-state index is 11.7. The summed E-state index contributed by atoms with van der Waals surface area (Å²) in [6.45, 7) is 1.81. The molecule has 1 heterocycles. The highest BCUT2D eigenvalue weighted by Crippen LogP contribution is 2.22. The first kappa shape index (κ1) is 11.1. The molecule has 0 atom stereocenters. The van der Waals surface area contributed by atoms with E-state index in [1.165, 1.54) is 13.1 Å². The first-order valence-corrected chi connectivity index (χ1v) is 4.87. The van der Waals surface area contributed by atoms with Crippen molar-refractivity contribution in [3.63, 3.8) is 0 Å². The second-order valence-corrected chi connectivity index (χ2v) is 3.68. The van der Waals surface area contributed by atoms with E-state index in [0.717, 1.165) is 14.8 Å². The number of aromatic amines is 1. The van der Waals surface area contributed by atoms with E-state index in [9.17, 15) is 14.5 Å². The average molecular weight is 234 g/mol. The molecule has 0 saturated carbocycles. The Hall–Kier alpha value is -2.44. The standard InChI is InChI=1S/C10H10N4O3/c1-6-3-4-7(12-17)8(5-6)14-10(16)13(2)9(15)11-14/h3-5H,1-2H3,(H,11,15). The van der Waals surface area contributed by atoms with E-state index in [-0.39, 0.29) is 11.4 Å². The summed E-state index contributed by atoms with van der Waals surface area (Å²) in [5.74, 6) is 0. The Morgan fingerprint density at radius 1 is 1.29 bits per heavy atom. The van der Waals surface area contributed by atoms with Gasteiger partial charge in [0, 0.05) is 7.05 Å². The molecular formula is C10H10N4O3.